The lowest BCUT2D eigenvalue weighted by Gasteiger charge is -2.50. The highest BCUT2D eigenvalue weighted by Crippen LogP contribution is 2.40. The summed E-state index contributed by atoms with van der Waals surface area (Å²) in [5.74, 6) is -0.0482. The Hall–Kier alpha value is -1.53. The van der Waals surface area contributed by atoms with Crippen LogP contribution in [-0.2, 0) is 9.47 Å². The van der Waals surface area contributed by atoms with Crippen LogP contribution in [0.3, 0.4) is 0 Å². The monoisotopic (exact) mass is 305 g/mol. The van der Waals surface area contributed by atoms with E-state index in [-0.39, 0.29) is 17.4 Å². The number of hydrogen-bond acceptors (Lipinski definition) is 5. The molecular formula is C16H23N3O3. The molecule has 6 heteroatoms. The van der Waals surface area contributed by atoms with Gasteiger partial charge >= 0.3 is 0 Å². The van der Waals surface area contributed by atoms with E-state index < -0.39 is 0 Å². The Bertz CT molecular complexity index is 511. The second kappa shape index (κ2) is 6.71. The average Bonchev–Trinajstić information content (AvgIpc) is 2.59. The van der Waals surface area contributed by atoms with Gasteiger partial charge in [-0.2, -0.15) is 0 Å². The summed E-state index contributed by atoms with van der Waals surface area (Å²) in [5.41, 5.74) is 0.328. The van der Waals surface area contributed by atoms with Crippen molar-refractivity contribution in [3.8, 4) is 0 Å². The topological polar surface area (TPSA) is 64.6 Å². The van der Waals surface area contributed by atoms with E-state index in [2.05, 4.69) is 9.97 Å². The first-order valence-electron chi connectivity index (χ1n) is 8.00. The van der Waals surface area contributed by atoms with E-state index in [9.17, 15) is 4.79 Å². The molecule has 0 saturated carbocycles. The molecule has 2 fully saturated rings. The first-order chi connectivity index (χ1) is 10.7. The van der Waals surface area contributed by atoms with E-state index in [1.54, 1.807) is 12.4 Å². The maximum Gasteiger partial charge on any atom is 0.274 e. The zero-order valence-electron chi connectivity index (χ0n) is 13.0. The maximum atomic E-state index is 12.6. The van der Waals surface area contributed by atoms with Crippen LogP contribution in [0.4, 0.5) is 0 Å². The summed E-state index contributed by atoms with van der Waals surface area (Å²) in [6.45, 7) is 5.53. The molecule has 3 heterocycles. The van der Waals surface area contributed by atoms with Gasteiger partial charge in [-0.1, -0.05) is 0 Å². The minimum Gasteiger partial charge on any atom is -0.381 e. The van der Waals surface area contributed by atoms with Gasteiger partial charge in [-0.3, -0.25) is 9.78 Å². The normalized spacial score (nSPS) is 28.2. The van der Waals surface area contributed by atoms with Crippen LogP contribution < -0.4 is 0 Å². The van der Waals surface area contributed by atoms with Gasteiger partial charge in [0, 0.05) is 44.1 Å². The third kappa shape index (κ3) is 2.98. The van der Waals surface area contributed by atoms with E-state index in [4.69, 9.17) is 9.47 Å². The molecule has 0 unspecified atom stereocenters. The van der Waals surface area contributed by atoms with Crippen LogP contribution in [0.25, 0.3) is 0 Å². The highest BCUT2D eigenvalue weighted by Gasteiger charge is 2.47. The molecule has 0 bridgehead atoms. The lowest BCUT2D eigenvalue weighted by molar-refractivity contribution is -0.146. The summed E-state index contributed by atoms with van der Waals surface area (Å²) in [6, 6.07) is 0. The van der Waals surface area contributed by atoms with Crippen molar-refractivity contribution in [2.45, 2.75) is 32.3 Å². The molecule has 6 nitrogen and oxygen atoms in total. The number of hydrogen-bond donors (Lipinski definition) is 0. The first-order valence-corrected chi connectivity index (χ1v) is 8.00. The smallest absolute Gasteiger partial charge is 0.274 e. The zero-order chi connectivity index (χ0) is 15.4. The fourth-order valence-electron chi connectivity index (χ4n) is 3.55. The summed E-state index contributed by atoms with van der Waals surface area (Å²) in [6.07, 6.45) is 7.78. The number of carbonyl (C=O) groups is 1. The van der Waals surface area contributed by atoms with Crippen molar-refractivity contribution in [1.29, 1.82) is 0 Å². The van der Waals surface area contributed by atoms with Crippen molar-refractivity contribution >= 4 is 5.91 Å². The third-order valence-electron chi connectivity index (χ3n) is 4.65. The van der Waals surface area contributed by atoms with Crippen LogP contribution in [0.5, 0.6) is 0 Å². The van der Waals surface area contributed by atoms with Gasteiger partial charge < -0.3 is 14.4 Å². The van der Waals surface area contributed by atoms with Gasteiger partial charge in [0.05, 0.1) is 18.9 Å². The van der Waals surface area contributed by atoms with Crippen LogP contribution in [0.15, 0.2) is 18.6 Å². The van der Waals surface area contributed by atoms with Crippen molar-refractivity contribution < 1.29 is 14.3 Å². The van der Waals surface area contributed by atoms with Crippen molar-refractivity contribution in [2.24, 2.45) is 5.41 Å². The fourth-order valence-corrected chi connectivity index (χ4v) is 3.55. The second-order valence-corrected chi connectivity index (χ2v) is 6.07. The van der Waals surface area contributed by atoms with Gasteiger partial charge in [-0.25, -0.2) is 4.98 Å². The van der Waals surface area contributed by atoms with Crippen LogP contribution in [0, 0.1) is 5.41 Å². The molecule has 0 aliphatic carbocycles. The molecule has 0 spiro atoms. The van der Waals surface area contributed by atoms with E-state index in [1.165, 1.54) is 6.20 Å². The number of ether oxygens (including phenoxy) is 2. The van der Waals surface area contributed by atoms with Crippen LogP contribution >= 0.6 is 0 Å². The molecule has 1 aromatic rings. The first kappa shape index (κ1) is 15.4. The Kier molecular flexibility index (Phi) is 4.69. The molecule has 0 radical (unpaired) electrons. The summed E-state index contributed by atoms with van der Waals surface area (Å²) in [7, 11) is 0. The van der Waals surface area contributed by atoms with Crippen LogP contribution in [-0.4, -0.2) is 59.8 Å². The summed E-state index contributed by atoms with van der Waals surface area (Å²) >= 11 is 0. The number of likely N-dealkylation sites (tertiary alicyclic amines) is 1. The molecule has 2 aliphatic rings. The quantitative estimate of drug-likeness (QED) is 0.844. The molecule has 0 aromatic carbocycles. The maximum absolute atomic E-state index is 12.6. The highest BCUT2D eigenvalue weighted by atomic mass is 16.5. The second-order valence-electron chi connectivity index (χ2n) is 6.07. The molecule has 1 amide bonds. The van der Waals surface area contributed by atoms with Gasteiger partial charge in [0.2, 0.25) is 0 Å². The van der Waals surface area contributed by atoms with Gasteiger partial charge in [0.15, 0.2) is 0 Å². The molecule has 1 aromatic heterocycles. The number of carbonyl (C=O) groups excluding carboxylic acids is 1. The third-order valence-corrected chi connectivity index (χ3v) is 4.65. The van der Waals surface area contributed by atoms with Gasteiger partial charge in [-0.05, 0) is 26.2 Å². The highest BCUT2D eigenvalue weighted by molar-refractivity contribution is 5.92. The Balaban J connectivity index is 1.76. The Morgan fingerprint density at radius 1 is 1.55 bits per heavy atom. The number of aromatic nitrogens is 2. The molecule has 120 valence electrons. The van der Waals surface area contributed by atoms with Crippen LogP contribution in [0.1, 0.15) is 36.7 Å². The Labute approximate surface area is 130 Å². The minimum atomic E-state index is -0.0790. The predicted octanol–water partition coefficient (Wildman–Crippen LogP) is 1.52. The lowest BCUT2D eigenvalue weighted by atomic mass is 9.73. The number of fused-ring (bicyclic) bond motifs is 1. The summed E-state index contributed by atoms with van der Waals surface area (Å²) in [4.78, 5) is 22.6. The number of rotatable bonds is 4. The van der Waals surface area contributed by atoms with Gasteiger partial charge in [0.25, 0.3) is 5.91 Å². The lowest BCUT2D eigenvalue weighted by Crippen LogP contribution is -2.58. The largest absolute Gasteiger partial charge is 0.381 e. The molecule has 2 saturated heterocycles. The van der Waals surface area contributed by atoms with Crippen molar-refractivity contribution in [3.05, 3.63) is 24.3 Å². The standard InChI is InChI=1S/C16H23N3O3/c1-2-21-12-16-5-3-9-22-14(16)4-8-19(11-16)15(20)13-10-17-6-7-18-13/h6-7,10,14H,2-5,8-9,11-12H2,1H3/t14-,16-/m0/s1. The summed E-state index contributed by atoms with van der Waals surface area (Å²) in [5, 5.41) is 0. The molecule has 2 aliphatic heterocycles. The molecule has 3 rings (SSSR count). The van der Waals surface area contributed by atoms with Crippen molar-refractivity contribution in [2.75, 3.05) is 32.9 Å². The zero-order valence-corrected chi connectivity index (χ0v) is 13.0. The molecular weight excluding hydrogens is 282 g/mol. The number of piperidine rings is 1. The van der Waals surface area contributed by atoms with Gasteiger partial charge in [-0.15, -0.1) is 0 Å². The average molecular weight is 305 g/mol. The minimum absolute atomic E-state index is 0.0482. The van der Waals surface area contributed by atoms with Gasteiger partial charge in [0.1, 0.15) is 5.69 Å². The number of amides is 1. The van der Waals surface area contributed by atoms with Crippen molar-refractivity contribution in [1.82, 2.24) is 14.9 Å². The fraction of sp³-hybridized carbons (Fsp3) is 0.688. The molecule has 0 N–H and O–H groups in total. The van der Waals surface area contributed by atoms with E-state index in [0.717, 1.165) is 25.9 Å². The SMILES string of the molecule is CCOC[C@@]12CCCO[C@H]1CCN(C(=O)c1cnccn1)C2. The van der Waals surface area contributed by atoms with E-state index >= 15 is 0 Å². The molecule has 2 atom stereocenters. The summed E-state index contributed by atoms with van der Waals surface area (Å²) < 4.78 is 11.7. The Morgan fingerprint density at radius 2 is 2.45 bits per heavy atom. The van der Waals surface area contributed by atoms with E-state index in [0.29, 0.717) is 32.0 Å². The predicted molar refractivity (Wildman–Crippen MR) is 80.5 cm³/mol. The number of nitrogens with zero attached hydrogens (tertiary/aromatic N) is 3. The Morgan fingerprint density at radius 3 is 3.23 bits per heavy atom. The van der Waals surface area contributed by atoms with Crippen LogP contribution in [0.2, 0.25) is 0 Å². The molecule has 22 heavy (non-hydrogen) atoms. The van der Waals surface area contributed by atoms with Crippen molar-refractivity contribution in [3.63, 3.8) is 0 Å². The van der Waals surface area contributed by atoms with E-state index in [1.807, 2.05) is 11.8 Å².